The van der Waals surface area contributed by atoms with Gasteiger partial charge in [0.05, 0.1) is 0 Å². The fraction of sp³-hybridized carbons (Fsp3) is 0.824. The van der Waals surface area contributed by atoms with Gasteiger partial charge in [-0.1, -0.05) is 20.3 Å². The van der Waals surface area contributed by atoms with Crippen LogP contribution in [0.3, 0.4) is 0 Å². The maximum absolute atomic E-state index is 12.8. The second kappa shape index (κ2) is 8.35. The smallest absolute Gasteiger partial charge is 0.408 e. The molecule has 1 aliphatic rings. The van der Waals surface area contributed by atoms with E-state index in [2.05, 4.69) is 5.32 Å². The molecule has 0 saturated carbocycles. The molecule has 0 bridgehead atoms. The first kappa shape index (κ1) is 20.3. The minimum Gasteiger partial charge on any atom is -0.444 e. The molecule has 0 aromatic carbocycles. The molecule has 138 valence electrons. The first-order valence-electron chi connectivity index (χ1n) is 8.62. The third kappa shape index (κ3) is 6.02. The molecular formula is C17H31N3O4. The molecule has 7 heteroatoms. The van der Waals surface area contributed by atoms with E-state index in [1.165, 1.54) is 0 Å². The first-order chi connectivity index (χ1) is 11.0. The van der Waals surface area contributed by atoms with E-state index in [-0.39, 0.29) is 23.7 Å². The number of likely N-dealkylation sites (tertiary alicyclic amines) is 1. The highest BCUT2D eigenvalue weighted by atomic mass is 16.6. The highest BCUT2D eigenvalue weighted by Crippen LogP contribution is 2.20. The third-order valence-electron chi connectivity index (χ3n) is 4.36. The number of alkyl carbamates (subject to hydrolysis) is 1. The number of piperidine rings is 1. The normalized spacial score (nSPS) is 18.6. The maximum Gasteiger partial charge on any atom is 0.408 e. The van der Waals surface area contributed by atoms with Crippen LogP contribution in [0.2, 0.25) is 0 Å². The number of nitrogens with zero attached hydrogens (tertiary/aromatic N) is 1. The minimum atomic E-state index is -0.630. The van der Waals surface area contributed by atoms with Gasteiger partial charge < -0.3 is 20.7 Å². The topological polar surface area (TPSA) is 102 Å². The highest BCUT2D eigenvalue weighted by molar-refractivity contribution is 5.86. The Morgan fingerprint density at radius 2 is 1.79 bits per heavy atom. The molecule has 0 aliphatic carbocycles. The number of nitrogens with one attached hydrogen (secondary N) is 1. The molecule has 0 radical (unpaired) electrons. The van der Waals surface area contributed by atoms with E-state index in [0.717, 1.165) is 6.42 Å². The van der Waals surface area contributed by atoms with Crippen LogP contribution >= 0.6 is 0 Å². The molecule has 1 aliphatic heterocycles. The molecule has 1 unspecified atom stereocenters. The Morgan fingerprint density at radius 1 is 1.25 bits per heavy atom. The summed E-state index contributed by atoms with van der Waals surface area (Å²) in [5.41, 5.74) is 4.71. The molecule has 1 saturated heterocycles. The zero-order valence-electron chi connectivity index (χ0n) is 15.4. The molecule has 1 heterocycles. The van der Waals surface area contributed by atoms with Gasteiger partial charge in [0.2, 0.25) is 11.8 Å². The average Bonchev–Trinajstić information content (AvgIpc) is 2.49. The fourth-order valence-electron chi connectivity index (χ4n) is 2.70. The molecule has 1 fully saturated rings. The van der Waals surface area contributed by atoms with Crippen molar-refractivity contribution in [3.63, 3.8) is 0 Å². The number of carbonyl (C=O) groups is 3. The summed E-state index contributed by atoms with van der Waals surface area (Å²) in [6, 6.07) is -0.630. The van der Waals surface area contributed by atoms with Gasteiger partial charge in [0.15, 0.2) is 0 Å². The molecular weight excluding hydrogens is 310 g/mol. The molecule has 0 aromatic heterocycles. The van der Waals surface area contributed by atoms with Crippen LogP contribution in [0.1, 0.15) is 53.9 Å². The van der Waals surface area contributed by atoms with Crippen LogP contribution in [-0.2, 0) is 14.3 Å². The van der Waals surface area contributed by atoms with E-state index in [1.807, 2.05) is 13.8 Å². The Labute approximate surface area is 144 Å². The van der Waals surface area contributed by atoms with Crippen LogP contribution in [0.15, 0.2) is 0 Å². The van der Waals surface area contributed by atoms with Gasteiger partial charge >= 0.3 is 6.09 Å². The fourth-order valence-corrected chi connectivity index (χ4v) is 2.70. The molecule has 7 nitrogen and oxygen atoms in total. The lowest BCUT2D eigenvalue weighted by Gasteiger charge is -2.35. The number of amides is 3. The quantitative estimate of drug-likeness (QED) is 0.794. The number of ether oxygens (including phenoxy) is 1. The summed E-state index contributed by atoms with van der Waals surface area (Å²) in [5, 5.41) is 2.71. The van der Waals surface area contributed by atoms with E-state index in [0.29, 0.717) is 25.9 Å². The van der Waals surface area contributed by atoms with Gasteiger partial charge in [0, 0.05) is 19.0 Å². The lowest BCUT2D eigenvalue weighted by Crippen LogP contribution is -2.54. The Balaban J connectivity index is 2.72. The third-order valence-corrected chi connectivity index (χ3v) is 4.36. The van der Waals surface area contributed by atoms with E-state index in [9.17, 15) is 14.4 Å². The van der Waals surface area contributed by atoms with E-state index >= 15 is 0 Å². The van der Waals surface area contributed by atoms with Gasteiger partial charge in [0.1, 0.15) is 11.6 Å². The number of rotatable bonds is 5. The van der Waals surface area contributed by atoms with Crippen molar-refractivity contribution in [3.8, 4) is 0 Å². The summed E-state index contributed by atoms with van der Waals surface area (Å²) in [6.45, 7) is 10.2. The predicted octanol–water partition coefficient (Wildman–Crippen LogP) is 1.65. The molecule has 2 atom stereocenters. The Morgan fingerprint density at radius 3 is 2.21 bits per heavy atom. The van der Waals surface area contributed by atoms with Crippen LogP contribution < -0.4 is 11.1 Å². The SMILES string of the molecule is CCC(C)[C@H](NC(=O)OC(C)(C)C)C(=O)N1CCC(C(N)=O)CC1. The van der Waals surface area contributed by atoms with Crippen molar-refractivity contribution >= 4 is 17.9 Å². The number of nitrogens with two attached hydrogens (primary N) is 1. The van der Waals surface area contributed by atoms with Gasteiger partial charge in [-0.25, -0.2) is 4.79 Å². The minimum absolute atomic E-state index is 0.0149. The lowest BCUT2D eigenvalue weighted by molar-refractivity contribution is -0.138. The van der Waals surface area contributed by atoms with Gasteiger partial charge in [-0.2, -0.15) is 0 Å². The van der Waals surface area contributed by atoms with Gasteiger partial charge in [-0.15, -0.1) is 0 Å². The van der Waals surface area contributed by atoms with Crippen molar-refractivity contribution < 1.29 is 19.1 Å². The Kier molecular flexibility index (Phi) is 7.05. The van der Waals surface area contributed by atoms with E-state index in [4.69, 9.17) is 10.5 Å². The molecule has 1 rings (SSSR count). The first-order valence-corrected chi connectivity index (χ1v) is 8.62. The van der Waals surface area contributed by atoms with Crippen molar-refractivity contribution in [2.45, 2.75) is 65.5 Å². The summed E-state index contributed by atoms with van der Waals surface area (Å²) >= 11 is 0. The monoisotopic (exact) mass is 341 g/mol. The van der Waals surface area contributed by atoms with Gasteiger partial charge in [-0.05, 0) is 39.5 Å². The Hall–Kier alpha value is -1.79. The van der Waals surface area contributed by atoms with E-state index < -0.39 is 17.7 Å². The van der Waals surface area contributed by atoms with E-state index in [1.54, 1.807) is 25.7 Å². The van der Waals surface area contributed by atoms with Crippen LogP contribution in [0, 0.1) is 11.8 Å². The lowest BCUT2D eigenvalue weighted by atomic mass is 9.93. The standard InChI is InChI=1S/C17H31N3O4/c1-6-11(2)13(19-16(23)24-17(3,4)5)15(22)20-9-7-12(8-10-20)14(18)21/h11-13H,6-10H2,1-5H3,(H2,18,21)(H,19,23)/t11?,13-/m0/s1. The number of primary amides is 1. The predicted molar refractivity (Wildman–Crippen MR) is 91.1 cm³/mol. The summed E-state index contributed by atoms with van der Waals surface area (Å²) in [5.74, 6) is -0.626. The second-order valence-electron chi connectivity index (χ2n) is 7.51. The van der Waals surface area contributed by atoms with Crippen molar-refractivity contribution in [2.75, 3.05) is 13.1 Å². The molecule has 0 spiro atoms. The highest BCUT2D eigenvalue weighted by Gasteiger charge is 2.34. The number of hydrogen-bond acceptors (Lipinski definition) is 4. The maximum atomic E-state index is 12.8. The van der Waals surface area contributed by atoms with Crippen molar-refractivity contribution in [3.05, 3.63) is 0 Å². The molecule has 3 amide bonds. The average molecular weight is 341 g/mol. The zero-order valence-corrected chi connectivity index (χ0v) is 15.4. The summed E-state index contributed by atoms with van der Waals surface area (Å²) in [7, 11) is 0. The summed E-state index contributed by atoms with van der Waals surface area (Å²) < 4.78 is 5.27. The Bertz CT molecular complexity index is 465. The van der Waals surface area contributed by atoms with Gasteiger partial charge in [-0.3, -0.25) is 9.59 Å². The van der Waals surface area contributed by atoms with Crippen molar-refractivity contribution in [2.24, 2.45) is 17.6 Å². The van der Waals surface area contributed by atoms with Crippen LogP contribution in [0.25, 0.3) is 0 Å². The van der Waals surface area contributed by atoms with Crippen molar-refractivity contribution in [1.29, 1.82) is 0 Å². The number of carbonyl (C=O) groups excluding carboxylic acids is 3. The molecule has 24 heavy (non-hydrogen) atoms. The van der Waals surface area contributed by atoms with Gasteiger partial charge in [0.25, 0.3) is 0 Å². The zero-order chi connectivity index (χ0) is 18.5. The molecule has 3 N–H and O–H groups in total. The number of hydrogen-bond donors (Lipinski definition) is 2. The van der Waals surface area contributed by atoms with Crippen LogP contribution in [0.4, 0.5) is 4.79 Å². The van der Waals surface area contributed by atoms with Crippen LogP contribution in [0.5, 0.6) is 0 Å². The van der Waals surface area contributed by atoms with Crippen LogP contribution in [-0.4, -0.2) is 47.5 Å². The summed E-state index contributed by atoms with van der Waals surface area (Å²) in [4.78, 5) is 37.8. The second-order valence-corrected chi connectivity index (χ2v) is 7.51. The summed E-state index contributed by atoms with van der Waals surface area (Å²) in [6.07, 6.45) is 1.30. The largest absolute Gasteiger partial charge is 0.444 e. The van der Waals surface area contributed by atoms with Crippen molar-refractivity contribution in [1.82, 2.24) is 10.2 Å². The molecule has 0 aromatic rings.